The summed E-state index contributed by atoms with van der Waals surface area (Å²) in [5, 5.41) is 2.66. The molecular formula is C16H15F3N2O2. The Balaban J connectivity index is 2.03. The summed E-state index contributed by atoms with van der Waals surface area (Å²) in [6.45, 7) is 1.98. The molecule has 0 saturated heterocycles. The molecular weight excluding hydrogens is 309 g/mol. The topological polar surface area (TPSA) is 51.2 Å². The summed E-state index contributed by atoms with van der Waals surface area (Å²) < 4.78 is 40.4. The van der Waals surface area contributed by atoms with E-state index >= 15 is 0 Å². The lowest BCUT2D eigenvalue weighted by Crippen LogP contribution is -2.24. The molecule has 1 aromatic heterocycles. The third-order valence-electron chi connectivity index (χ3n) is 3.05. The van der Waals surface area contributed by atoms with Crippen molar-refractivity contribution in [3.63, 3.8) is 0 Å². The van der Waals surface area contributed by atoms with Crippen molar-refractivity contribution in [3.05, 3.63) is 59.4 Å². The molecule has 1 amide bonds. The Bertz CT molecular complexity index is 687. The number of alkyl halides is 3. The molecule has 1 N–H and O–H groups in total. The van der Waals surface area contributed by atoms with Crippen LogP contribution in [0.3, 0.4) is 0 Å². The highest BCUT2D eigenvalue weighted by molar-refractivity contribution is 5.95. The largest absolute Gasteiger partial charge is 0.573 e. The Morgan fingerprint density at radius 1 is 1.26 bits per heavy atom. The third-order valence-corrected chi connectivity index (χ3v) is 3.05. The number of hydrogen-bond acceptors (Lipinski definition) is 3. The van der Waals surface area contributed by atoms with Crippen LogP contribution >= 0.6 is 0 Å². The number of halogens is 3. The summed E-state index contributed by atoms with van der Waals surface area (Å²) >= 11 is 0. The summed E-state index contributed by atoms with van der Waals surface area (Å²) in [5.74, 6) is -0.642. The zero-order valence-electron chi connectivity index (χ0n) is 12.4. The Labute approximate surface area is 131 Å². The minimum atomic E-state index is -4.74. The van der Waals surface area contributed by atoms with E-state index in [0.29, 0.717) is 23.2 Å². The van der Waals surface area contributed by atoms with Crippen molar-refractivity contribution < 1.29 is 22.7 Å². The van der Waals surface area contributed by atoms with E-state index in [1.165, 1.54) is 18.2 Å². The number of rotatable bonds is 5. The highest BCUT2D eigenvalue weighted by atomic mass is 19.4. The number of amides is 1. The van der Waals surface area contributed by atoms with Gasteiger partial charge in [-0.15, -0.1) is 13.2 Å². The lowest BCUT2D eigenvalue weighted by molar-refractivity contribution is -0.274. The van der Waals surface area contributed by atoms with Gasteiger partial charge >= 0.3 is 6.36 Å². The molecule has 2 rings (SSSR count). The average Bonchev–Trinajstić information content (AvgIpc) is 2.51. The second-order valence-corrected chi connectivity index (χ2v) is 4.73. The number of carbonyl (C=O) groups excluding carboxylic acids is 1. The van der Waals surface area contributed by atoms with E-state index in [4.69, 9.17) is 0 Å². The van der Waals surface area contributed by atoms with Gasteiger partial charge in [-0.25, -0.2) is 0 Å². The van der Waals surface area contributed by atoms with Gasteiger partial charge in [-0.2, -0.15) is 0 Å². The number of aryl methyl sites for hydroxylation is 1. The summed E-state index contributed by atoms with van der Waals surface area (Å²) in [5.41, 5.74) is 1.62. The quantitative estimate of drug-likeness (QED) is 0.916. The van der Waals surface area contributed by atoms with Crippen LogP contribution in [0.4, 0.5) is 13.2 Å². The lowest BCUT2D eigenvalue weighted by Gasteiger charge is -2.11. The molecule has 0 bridgehead atoms. The smallest absolute Gasteiger partial charge is 0.406 e. The van der Waals surface area contributed by atoms with Crippen LogP contribution in [-0.4, -0.2) is 17.3 Å². The standard InChI is InChI=1S/C16H15F3N2O2/c1-2-14-13(7-4-8-20-14)15(22)21-10-11-5-3-6-12(9-11)23-16(17,18)19/h3-9H,2,10H2,1H3,(H,21,22). The second kappa shape index (κ2) is 7.13. The van der Waals surface area contributed by atoms with Gasteiger partial charge < -0.3 is 10.1 Å². The first-order valence-electron chi connectivity index (χ1n) is 6.96. The van der Waals surface area contributed by atoms with Crippen LogP contribution in [0.15, 0.2) is 42.6 Å². The zero-order chi connectivity index (χ0) is 16.9. The molecule has 0 unspecified atom stereocenters. The van der Waals surface area contributed by atoms with Gasteiger partial charge in [0.15, 0.2) is 0 Å². The minimum absolute atomic E-state index is 0.0892. The fraction of sp³-hybridized carbons (Fsp3) is 0.250. The van der Waals surface area contributed by atoms with E-state index in [1.54, 1.807) is 24.4 Å². The molecule has 0 saturated carbocycles. The van der Waals surface area contributed by atoms with Crippen molar-refractivity contribution in [1.82, 2.24) is 10.3 Å². The summed E-state index contributed by atoms with van der Waals surface area (Å²) in [6.07, 6.45) is -2.53. The highest BCUT2D eigenvalue weighted by Crippen LogP contribution is 2.23. The van der Waals surface area contributed by atoms with Crippen LogP contribution in [0.2, 0.25) is 0 Å². The van der Waals surface area contributed by atoms with Crippen molar-refractivity contribution >= 4 is 5.91 Å². The molecule has 0 spiro atoms. The van der Waals surface area contributed by atoms with Gasteiger partial charge in [0.2, 0.25) is 0 Å². The highest BCUT2D eigenvalue weighted by Gasteiger charge is 2.31. The van der Waals surface area contributed by atoms with Crippen molar-refractivity contribution in [1.29, 1.82) is 0 Å². The first kappa shape index (κ1) is 16.8. The van der Waals surface area contributed by atoms with Crippen LogP contribution in [-0.2, 0) is 13.0 Å². The van der Waals surface area contributed by atoms with E-state index in [1.807, 2.05) is 6.92 Å². The number of pyridine rings is 1. The zero-order valence-corrected chi connectivity index (χ0v) is 12.4. The fourth-order valence-electron chi connectivity index (χ4n) is 2.06. The monoisotopic (exact) mass is 324 g/mol. The lowest BCUT2D eigenvalue weighted by atomic mass is 10.1. The van der Waals surface area contributed by atoms with Crippen LogP contribution in [0.1, 0.15) is 28.5 Å². The Kier molecular flexibility index (Phi) is 5.20. The maximum absolute atomic E-state index is 12.2. The molecule has 1 heterocycles. The maximum atomic E-state index is 12.2. The summed E-state index contributed by atoms with van der Waals surface area (Å²) in [6, 6.07) is 8.79. The number of nitrogens with one attached hydrogen (secondary N) is 1. The first-order chi connectivity index (χ1) is 10.9. The molecule has 0 radical (unpaired) electrons. The Morgan fingerprint density at radius 2 is 2.04 bits per heavy atom. The van der Waals surface area contributed by atoms with Crippen molar-refractivity contribution in [3.8, 4) is 5.75 Å². The molecule has 23 heavy (non-hydrogen) atoms. The second-order valence-electron chi connectivity index (χ2n) is 4.73. The predicted molar refractivity (Wildman–Crippen MR) is 77.9 cm³/mol. The molecule has 0 aliphatic rings. The van der Waals surface area contributed by atoms with E-state index in [2.05, 4.69) is 15.0 Å². The molecule has 0 atom stereocenters. The molecule has 2 aromatic rings. The predicted octanol–water partition coefficient (Wildman–Crippen LogP) is 3.47. The molecule has 4 nitrogen and oxygen atoms in total. The summed E-state index contributed by atoms with van der Waals surface area (Å²) in [7, 11) is 0. The molecule has 0 fully saturated rings. The SMILES string of the molecule is CCc1ncccc1C(=O)NCc1cccc(OC(F)(F)F)c1. The fourth-order valence-corrected chi connectivity index (χ4v) is 2.06. The van der Waals surface area contributed by atoms with Crippen LogP contribution in [0.25, 0.3) is 0 Å². The number of hydrogen-bond donors (Lipinski definition) is 1. The average molecular weight is 324 g/mol. The van der Waals surface area contributed by atoms with Crippen molar-refractivity contribution in [2.24, 2.45) is 0 Å². The van der Waals surface area contributed by atoms with Crippen LogP contribution in [0, 0.1) is 0 Å². The van der Waals surface area contributed by atoms with E-state index in [0.717, 1.165) is 0 Å². The van der Waals surface area contributed by atoms with Gasteiger partial charge in [-0.3, -0.25) is 9.78 Å². The summed E-state index contributed by atoms with van der Waals surface area (Å²) in [4.78, 5) is 16.3. The Hall–Kier alpha value is -2.57. The van der Waals surface area contributed by atoms with Gasteiger partial charge in [-0.1, -0.05) is 19.1 Å². The molecule has 7 heteroatoms. The molecule has 122 valence electrons. The number of aromatic nitrogens is 1. The number of carbonyl (C=O) groups is 1. The van der Waals surface area contributed by atoms with Crippen molar-refractivity contribution in [2.45, 2.75) is 26.3 Å². The van der Waals surface area contributed by atoms with E-state index in [-0.39, 0.29) is 18.2 Å². The number of nitrogens with zero attached hydrogens (tertiary/aromatic N) is 1. The van der Waals surface area contributed by atoms with Crippen molar-refractivity contribution in [2.75, 3.05) is 0 Å². The van der Waals surface area contributed by atoms with E-state index < -0.39 is 6.36 Å². The van der Waals surface area contributed by atoms with Gasteiger partial charge in [0, 0.05) is 12.7 Å². The molecule has 0 aliphatic heterocycles. The van der Waals surface area contributed by atoms with E-state index in [9.17, 15) is 18.0 Å². The third kappa shape index (κ3) is 4.98. The van der Waals surface area contributed by atoms with Crippen LogP contribution in [0.5, 0.6) is 5.75 Å². The maximum Gasteiger partial charge on any atom is 0.573 e. The van der Waals surface area contributed by atoms with Gasteiger partial charge in [0.05, 0.1) is 11.3 Å². The Morgan fingerprint density at radius 3 is 2.74 bits per heavy atom. The minimum Gasteiger partial charge on any atom is -0.406 e. The molecule has 0 aliphatic carbocycles. The first-order valence-corrected chi connectivity index (χ1v) is 6.96. The van der Waals surface area contributed by atoms with Gasteiger partial charge in [0.1, 0.15) is 5.75 Å². The van der Waals surface area contributed by atoms with Crippen LogP contribution < -0.4 is 10.1 Å². The van der Waals surface area contributed by atoms with Gasteiger partial charge in [0.25, 0.3) is 5.91 Å². The van der Waals surface area contributed by atoms with Gasteiger partial charge in [-0.05, 0) is 36.2 Å². The normalized spacial score (nSPS) is 11.1. The number of benzene rings is 1. The molecule has 1 aromatic carbocycles. The number of ether oxygens (including phenoxy) is 1.